The third-order valence-corrected chi connectivity index (χ3v) is 5.04. The Labute approximate surface area is 205 Å². The van der Waals surface area contributed by atoms with E-state index in [1.807, 2.05) is 103 Å². The lowest BCUT2D eigenvalue weighted by Gasteiger charge is -2.11. The monoisotopic (exact) mass is 468 g/mol. The lowest BCUT2D eigenvalue weighted by molar-refractivity contribution is -0.114. The molecule has 4 aromatic carbocycles. The third-order valence-electron chi connectivity index (χ3n) is 5.04. The Morgan fingerprint density at radius 3 is 1.97 bits per heavy atom. The highest BCUT2D eigenvalue weighted by atomic mass is 16.5. The molecule has 0 aliphatic heterocycles. The number of anilines is 2. The van der Waals surface area contributed by atoms with Crippen molar-refractivity contribution in [2.24, 2.45) is 0 Å². The van der Waals surface area contributed by atoms with Crippen LogP contribution in [0.3, 0.4) is 0 Å². The molecule has 0 aliphatic carbocycles. The van der Waals surface area contributed by atoms with Gasteiger partial charge in [0.1, 0.15) is 37.1 Å². The summed E-state index contributed by atoms with van der Waals surface area (Å²) in [6.07, 6.45) is 0. The highest BCUT2D eigenvalue weighted by Crippen LogP contribution is 2.19. The number of rotatable bonds is 12. The molecule has 4 aromatic rings. The standard InChI is InChI=1S/C29H28N2O4/c32-29(21-30-24-14-16-27(17-15-24)35-22-23-8-3-1-4-9-23)31-25-10-7-13-28(20-25)34-19-18-33-26-11-5-2-6-12-26/h1-17,20,30H,18-19,21-22H2,(H,31,32). The van der Waals surface area contributed by atoms with E-state index < -0.39 is 0 Å². The molecule has 0 atom stereocenters. The molecular weight excluding hydrogens is 440 g/mol. The predicted octanol–water partition coefficient (Wildman–Crippen LogP) is 5.77. The van der Waals surface area contributed by atoms with Crippen molar-refractivity contribution in [2.75, 3.05) is 30.4 Å². The topological polar surface area (TPSA) is 68.8 Å². The van der Waals surface area contributed by atoms with Crippen molar-refractivity contribution in [3.05, 3.63) is 115 Å². The highest BCUT2D eigenvalue weighted by molar-refractivity contribution is 5.93. The number of hydrogen-bond donors (Lipinski definition) is 2. The fourth-order valence-electron chi connectivity index (χ4n) is 3.30. The van der Waals surface area contributed by atoms with Crippen LogP contribution in [0.4, 0.5) is 11.4 Å². The number of nitrogens with one attached hydrogen (secondary N) is 2. The second-order valence-electron chi connectivity index (χ2n) is 7.74. The van der Waals surface area contributed by atoms with Gasteiger partial charge >= 0.3 is 0 Å². The van der Waals surface area contributed by atoms with Crippen molar-refractivity contribution >= 4 is 17.3 Å². The summed E-state index contributed by atoms with van der Waals surface area (Å²) in [7, 11) is 0. The third kappa shape index (κ3) is 8.12. The highest BCUT2D eigenvalue weighted by Gasteiger charge is 2.05. The van der Waals surface area contributed by atoms with Crippen LogP contribution in [0.2, 0.25) is 0 Å². The lowest BCUT2D eigenvalue weighted by Crippen LogP contribution is -2.21. The molecule has 178 valence electrons. The minimum Gasteiger partial charge on any atom is -0.490 e. The van der Waals surface area contributed by atoms with Gasteiger partial charge in [0.15, 0.2) is 0 Å². The summed E-state index contributed by atoms with van der Waals surface area (Å²) in [5.74, 6) is 2.09. The molecular formula is C29H28N2O4. The Kier molecular flexibility index (Phi) is 8.60. The van der Waals surface area contributed by atoms with Gasteiger partial charge in [-0.15, -0.1) is 0 Å². The van der Waals surface area contributed by atoms with Crippen LogP contribution in [-0.4, -0.2) is 25.7 Å². The number of amides is 1. The quantitative estimate of drug-likeness (QED) is 0.258. The van der Waals surface area contributed by atoms with Gasteiger partial charge in [-0.25, -0.2) is 0 Å². The fraction of sp³-hybridized carbons (Fsp3) is 0.138. The second-order valence-corrected chi connectivity index (χ2v) is 7.74. The molecule has 0 unspecified atom stereocenters. The number of benzene rings is 4. The minimum atomic E-state index is -0.154. The van der Waals surface area contributed by atoms with E-state index in [-0.39, 0.29) is 12.5 Å². The van der Waals surface area contributed by atoms with Crippen LogP contribution in [-0.2, 0) is 11.4 Å². The van der Waals surface area contributed by atoms with Crippen molar-refractivity contribution in [3.8, 4) is 17.2 Å². The molecule has 0 radical (unpaired) electrons. The van der Waals surface area contributed by atoms with E-state index in [1.54, 1.807) is 6.07 Å². The first kappa shape index (κ1) is 23.7. The maximum atomic E-state index is 12.4. The van der Waals surface area contributed by atoms with E-state index in [4.69, 9.17) is 14.2 Å². The summed E-state index contributed by atoms with van der Waals surface area (Å²) in [6, 6.07) is 34.4. The summed E-state index contributed by atoms with van der Waals surface area (Å²) in [5, 5.41) is 6.00. The number of ether oxygens (including phenoxy) is 3. The minimum absolute atomic E-state index is 0.139. The zero-order chi connectivity index (χ0) is 24.1. The molecule has 0 saturated heterocycles. The first-order valence-corrected chi connectivity index (χ1v) is 11.5. The SMILES string of the molecule is O=C(CNc1ccc(OCc2ccccc2)cc1)Nc1cccc(OCCOc2ccccc2)c1. The molecule has 6 nitrogen and oxygen atoms in total. The van der Waals surface area contributed by atoms with E-state index >= 15 is 0 Å². The molecule has 0 saturated carbocycles. The molecule has 0 aliphatic rings. The zero-order valence-electron chi connectivity index (χ0n) is 19.4. The molecule has 2 N–H and O–H groups in total. The first-order valence-electron chi connectivity index (χ1n) is 11.5. The Morgan fingerprint density at radius 1 is 0.600 bits per heavy atom. The van der Waals surface area contributed by atoms with Crippen molar-refractivity contribution < 1.29 is 19.0 Å². The van der Waals surface area contributed by atoms with Gasteiger partial charge in [0.25, 0.3) is 0 Å². The Bertz CT molecular complexity index is 1180. The van der Waals surface area contributed by atoms with Gasteiger partial charge in [0.2, 0.25) is 5.91 Å². The zero-order valence-corrected chi connectivity index (χ0v) is 19.4. The van der Waals surface area contributed by atoms with Gasteiger partial charge < -0.3 is 24.8 Å². The average Bonchev–Trinajstić information content (AvgIpc) is 2.91. The van der Waals surface area contributed by atoms with Gasteiger partial charge in [-0.2, -0.15) is 0 Å². The summed E-state index contributed by atoms with van der Waals surface area (Å²) >= 11 is 0. The number of carbonyl (C=O) groups is 1. The lowest BCUT2D eigenvalue weighted by atomic mass is 10.2. The molecule has 4 rings (SSSR count). The largest absolute Gasteiger partial charge is 0.490 e. The van der Waals surface area contributed by atoms with Gasteiger partial charge in [-0.1, -0.05) is 54.6 Å². The van der Waals surface area contributed by atoms with E-state index in [0.717, 1.165) is 22.7 Å². The Morgan fingerprint density at radius 2 is 1.23 bits per heavy atom. The fourth-order valence-corrected chi connectivity index (χ4v) is 3.30. The maximum Gasteiger partial charge on any atom is 0.243 e. The smallest absolute Gasteiger partial charge is 0.243 e. The predicted molar refractivity (Wildman–Crippen MR) is 138 cm³/mol. The van der Waals surface area contributed by atoms with Crippen LogP contribution in [0.25, 0.3) is 0 Å². The summed E-state index contributed by atoms with van der Waals surface area (Å²) in [6.45, 7) is 1.48. The number of carbonyl (C=O) groups excluding carboxylic acids is 1. The summed E-state index contributed by atoms with van der Waals surface area (Å²) < 4.78 is 17.2. The molecule has 0 fully saturated rings. The molecule has 0 bridgehead atoms. The van der Waals surface area contributed by atoms with Crippen molar-refractivity contribution in [3.63, 3.8) is 0 Å². The summed E-state index contributed by atoms with van der Waals surface area (Å²) in [4.78, 5) is 12.4. The van der Waals surface area contributed by atoms with Gasteiger partial charge in [-0.05, 0) is 54.1 Å². The molecule has 0 spiro atoms. The van der Waals surface area contributed by atoms with Crippen LogP contribution < -0.4 is 24.8 Å². The average molecular weight is 469 g/mol. The van der Waals surface area contributed by atoms with E-state index in [9.17, 15) is 4.79 Å². The molecule has 0 aromatic heterocycles. The Balaban J connectivity index is 1.17. The second kappa shape index (κ2) is 12.7. The van der Waals surface area contributed by atoms with Crippen molar-refractivity contribution in [2.45, 2.75) is 6.61 Å². The van der Waals surface area contributed by atoms with Crippen LogP contribution in [0, 0.1) is 0 Å². The summed E-state index contributed by atoms with van der Waals surface area (Å²) in [5.41, 5.74) is 2.62. The van der Waals surface area contributed by atoms with Crippen LogP contribution in [0.5, 0.6) is 17.2 Å². The molecule has 35 heavy (non-hydrogen) atoms. The van der Waals surface area contributed by atoms with Gasteiger partial charge in [0, 0.05) is 17.4 Å². The molecule has 6 heteroatoms. The van der Waals surface area contributed by atoms with Crippen LogP contribution in [0.1, 0.15) is 5.56 Å². The van der Waals surface area contributed by atoms with E-state index in [0.29, 0.717) is 31.3 Å². The van der Waals surface area contributed by atoms with Crippen LogP contribution >= 0.6 is 0 Å². The van der Waals surface area contributed by atoms with E-state index in [2.05, 4.69) is 10.6 Å². The van der Waals surface area contributed by atoms with E-state index in [1.165, 1.54) is 0 Å². The molecule has 0 heterocycles. The van der Waals surface area contributed by atoms with Gasteiger partial charge in [0.05, 0.1) is 6.54 Å². The maximum absolute atomic E-state index is 12.4. The van der Waals surface area contributed by atoms with Crippen molar-refractivity contribution in [1.29, 1.82) is 0 Å². The number of para-hydroxylation sites is 1. The Hall–Kier alpha value is -4.45. The van der Waals surface area contributed by atoms with Crippen LogP contribution in [0.15, 0.2) is 109 Å². The van der Waals surface area contributed by atoms with Crippen molar-refractivity contribution in [1.82, 2.24) is 0 Å². The normalized spacial score (nSPS) is 10.3. The first-order chi connectivity index (χ1) is 17.2. The van der Waals surface area contributed by atoms with Gasteiger partial charge in [-0.3, -0.25) is 4.79 Å². The molecule has 1 amide bonds. The number of hydrogen-bond acceptors (Lipinski definition) is 5.